The van der Waals surface area contributed by atoms with E-state index in [-0.39, 0.29) is 21.8 Å². The summed E-state index contributed by atoms with van der Waals surface area (Å²) in [4.78, 5) is 11.2. The summed E-state index contributed by atoms with van der Waals surface area (Å²) in [7, 11) is -3.82. The van der Waals surface area contributed by atoms with Crippen molar-refractivity contribution in [3.05, 3.63) is 49.9 Å². The lowest BCUT2D eigenvalue weighted by Crippen LogP contribution is -2.10. The average Bonchev–Trinajstić information content (AvgIpc) is 2.76. The average molecular weight is 393 g/mol. The molecule has 0 amide bonds. The quantitative estimate of drug-likeness (QED) is 0.861. The van der Waals surface area contributed by atoms with Gasteiger partial charge in [-0.25, -0.2) is 17.6 Å². The molecular weight excluding hydrogens is 383 g/mol. The van der Waals surface area contributed by atoms with Crippen LogP contribution in [0.4, 0.5) is 4.39 Å². The summed E-state index contributed by atoms with van der Waals surface area (Å²) >= 11 is 4.50. The van der Waals surface area contributed by atoms with Crippen LogP contribution in [0.25, 0.3) is 0 Å². The monoisotopic (exact) mass is 392 g/mol. The highest BCUT2D eigenvalue weighted by molar-refractivity contribution is 9.11. The maximum absolute atomic E-state index is 13.7. The lowest BCUT2D eigenvalue weighted by Gasteiger charge is -2.09. The van der Waals surface area contributed by atoms with Gasteiger partial charge in [-0.1, -0.05) is 0 Å². The zero-order chi connectivity index (χ0) is 15.8. The van der Waals surface area contributed by atoms with Crippen molar-refractivity contribution in [1.29, 1.82) is 0 Å². The van der Waals surface area contributed by atoms with Crippen LogP contribution in [0.5, 0.6) is 0 Å². The van der Waals surface area contributed by atoms with Crippen LogP contribution in [0.15, 0.2) is 32.9 Å². The number of hydrogen-bond acceptors (Lipinski definition) is 4. The number of halogens is 2. The Kier molecular flexibility index (Phi) is 4.50. The number of carboxylic acid groups (broad SMARTS) is 1. The maximum Gasteiger partial charge on any atom is 0.335 e. The Balaban J connectivity index is 2.51. The molecule has 0 aliphatic rings. The third-order valence-corrected chi connectivity index (χ3v) is 6.43. The molecule has 1 aromatic carbocycles. The molecule has 1 N–H and O–H groups in total. The smallest absolute Gasteiger partial charge is 0.335 e. The Morgan fingerprint density at radius 2 is 2.05 bits per heavy atom. The molecule has 0 saturated heterocycles. The van der Waals surface area contributed by atoms with Gasteiger partial charge in [0.25, 0.3) is 0 Å². The van der Waals surface area contributed by atoms with Gasteiger partial charge >= 0.3 is 5.97 Å². The van der Waals surface area contributed by atoms with Crippen molar-refractivity contribution in [3.8, 4) is 0 Å². The largest absolute Gasteiger partial charge is 0.478 e. The first-order chi connectivity index (χ1) is 9.70. The molecule has 1 aromatic heterocycles. The van der Waals surface area contributed by atoms with Crippen molar-refractivity contribution in [2.24, 2.45) is 0 Å². The lowest BCUT2D eigenvalue weighted by molar-refractivity contribution is 0.0696. The molecular formula is C13H10BrFO4S2. The van der Waals surface area contributed by atoms with Gasteiger partial charge in [-0.15, -0.1) is 11.3 Å². The second-order valence-corrected chi connectivity index (χ2v) is 8.86. The lowest BCUT2D eigenvalue weighted by atomic mass is 10.1. The molecule has 0 fully saturated rings. The van der Waals surface area contributed by atoms with Crippen LogP contribution in [0.1, 0.15) is 20.8 Å². The van der Waals surface area contributed by atoms with Gasteiger partial charge in [-0.05, 0) is 47.1 Å². The van der Waals surface area contributed by atoms with Crippen molar-refractivity contribution in [1.82, 2.24) is 0 Å². The number of thiophene rings is 1. The Morgan fingerprint density at radius 3 is 2.57 bits per heavy atom. The molecule has 0 bridgehead atoms. The van der Waals surface area contributed by atoms with E-state index in [1.54, 1.807) is 12.1 Å². The van der Waals surface area contributed by atoms with E-state index >= 15 is 0 Å². The molecule has 112 valence electrons. The van der Waals surface area contributed by atoms with Crippen LogP contribution in [0.3, 0.4) is 0 Å². The summed E-state index contributed by atoms with van der Waals surface area (Å²) in [6.07, 6.45) is 0. The van der Waals surface area contributed by atoms with Crippen LogP contribution in [-0.2, 0) is 15.6 Å². The summed E-state index contributed by atoms with van der Waals surface area (Å²) in [5, 5.41) is 8.92. The fourth-order valence-corrected chi connectivity index (χ4v) is 5.27. The minimum Gasteiger partial charge on any atom is -0.478 e. The minimum absolute atomic E-state index is 0.0735. The fourth-order valence-electron chi connectivity index (χ4n) is 1.79. The van der Waals surface area contributed by atoms with Gasteiger partial charge in [0.15, 0.2) is 9.84 Å². The number of benzene rings is 1. The Labute approximate surface area is 133 Å². The highest BCUT2D eigenvalue weighted by atomic mass is 79.9. The second kappa shape index (κ2) is 5.86. The zero-order valence-corrected chi connectivity index (χ0v) is 14.0. The van der Waals surface area contributed by atoms with Gasteiger partial charge in [-0.2, -0.15) is 0 Å². The molecule has 0 aliphatic heterocycles. The van der Waals surface area contributed by atoms with E-state index < -0.39 is 21.6 Å². The molecule has 0 atom stereocenters. The molecule has 2 aromatic rings. The van der Waals surface area contributed by atoms with E-state index in [9.17, 15) is 17.6 Å². The topological polar surface area (TPSA) is 71.4 Å². The van der Waals surface area contributed by atoms with Crippen molar-refractivity contribution < 1.29 is 22.7 Å². The van der Waals surface area contributed by atoms with E-state index in [1.807, 2.05) is 0 Å². The Morgan fingerprint density at radius 1 is 1.38 bits per heavy atom. The molecule has 8 heteroatoms. The van der Waals surface area contributed by atoms with Gasteiger partial charge in [-0.3, -0.25) is 0 Å². The van der Waals surface area contributed by atoms with Crippen LogP contribution in [0, 0.1) is 12.7 Å². The Bertz CT molecular complexity index is 812. The zero-order valence-electron chi connectivity index (χ0n) is 10.8. The van der Waals surface area contributed by atoms with Crippen LogP contribution >= 0.6 is 27.3 Å². The van der Waals surface area contributed by atoms with Crippen molar-refractivity contribution >= 4 is 43.1 Å². The first-order valence-electron chi connectivity index (χ1n) is 5.71. The summed E-state index contributed by atoms with van der Waals surface area (Å²) in [5.41, 5.74) is -0.459. The van der Waals surface area contributed by atoms with Gasteiger partial charge in [0.05, 0.1) is 20.0 Å². The third kappa shape index (κ3) is 3.50. The molecule has 0 saturated carbocycles. The highest BCUT2D eigenvalue weighted by Crippen LogP contribution is 2.28. The molecule has 0 aliphatic carbocycles. The molecule has 1 heterocycles. The minimum atomic E-state index is -3.82. The van der Waals surface area contributed by atoms with E-state index in [1.165, 1.54) is 18.3 Å². The molecule has 4 nitrogen and oxygen atoms in total. The normalized spacial score (nSPS) is 11.6. The summed E-state index contributed by atoms with van der Waals surface area (Å²) in [6.45, 7) is 1.32. The third-order valence-electron chi connectivity index (χ3n) is 2.84. The predicted octanol–water partition coefficient (Wildman–Crippen LogP) is 3.63. The number of hydrogen-bond donors (Lipinski definition) is 1. The van der Waals surface area contributed by atoms with Crippen molar-refractivity contribution in [3.63, 3.8) is 0 Å². The van der Waals surface area contributed by atoms with E-state index in [0.29, 0.717) is 4.88 Å². The van der Waals surface area contributed by atoms with E-state index in [0.717, 1.165) is 15.9 Å². The van der Waals surface area contributed by atoms with E-state index in [4.69, 9.17) is 5.11 Å². The molecule has 21 heavy (non-hydrogen) atoms. The highest BCUT2D eigenvalue weighted by Gasteiger charge is 2.23. The molecule has 0 spiro atoms. The maximum atomic E-state index is 13.7. The SMILES string of the molecule is Cc1c(F)cc(C(=O)O)cc1S(=O)(=O)Cc1ccc(Br)s1. The van der Waals surface area contributed by atoms with Gasteiger partial charge < -0.3 is 5.11 Å². The fraction of sp³-hybridized carbons (Fsp3) is 0.154. The number of carbonyl (C=O) groups is 1. The van der Waals surface area contributed by atoms with Crippen LogP contribution in [0.2, 0.25) is 0 Å². The Hall–Kier alpha value is -1.25. The summed E-state index contributed by atoms with van der Waals surface area (Å²) in [5.74, 6) is -2.52. The molecule has 2 rings (SSSR count). The van der Waals surface area contributed by atoms with Crippen LogP contribution < -0.4 is 0 Å². The van der Waals surface area contributed by atoms with E-state index in [2.05, 4.69) is 15.9 Å². The summed E-state index contributed by atoms with van der Waals surface area (Å²) < 4.78 is 39.3. The van der Waals surface area contributed by atoms with Crippen molar-refractivity contribution in [2.45, 2.75) is 17.6 Å². The van der Waals surface area contributed by atoms with Gasteiger partial charge in [0.1, 0.15) is 5.82 Å². The van der Waals surface area contributed by atoms with Crippen molar-refractivity contribution in [2.75, 3.05) is 0 Å². The number of aromatic carboxylic acids is 1. The second-order valence-electron chi connectivity index (χ2n) is 4.35. The standard InChI is InChI=1S/C13H10BrFO4S2/c1-7-10(15)4-8(13(16)17)5-11(7)21(18,19)6-9-2-3-12(14)20-9/h2-5H,6H2,1H3,(H,16,17). The number of sulfone groups is 1. The van der Waals surface area contributed by atoms with Crippen LogP contribution in [-0.4, -0.2) is 19.5 Å². The predicted molar refractivity (Wildman–Crippen MR) is 81.0 cm³/mol. The first-order valence-corrected chi connectivity index (χ1v) is 8.97. The van der Waals surface area contributed by atoms with Gasteiger partial charge in [0.2, 0.25) is 0 Å². The summed E-state index contributed by atoms with van der Waals surface area (Å²) in [6, 6.07) is 5.19. The molecule has 0 unspecified atom stereocenters. The van der Waals surface area contributed by atoms with Gasteiger partial charge in [0, 0.05) is 10.4 Å². The molecule has 0 radical (unpaired) electrons. The number of carboxylic acids is 1. The number of rotatable bonds is 4. The first kappa shape index (κ1) is 16.1.